The van der Waals surface area contributed by atoms with Crippen LogP contribution in [-0.2, 0) is 22.4 Å². The first-order valence-electron chi connectivity index (χ1n) is 8.48. The van der Waals surface area contributed by atoms with E-state index in [9.17, 15) is 14.9 Å². The fourth-order valence-corrected chi connectivity index (χ4v) is 5.65. The molecule has 2 aliphatic rings. The first-order valence-corrected chi connectivity index (χ1v) is 10.1. The number of carbonyl (C=O) groups excluding carboxylic acids is 2. The van der Waals surface area contributed by atoms with Crippen molar-refractivity contribution in [2.75, 3.05) is 10.6 Å². The summed E-state index contributed by atoms with van der Waals surface area (Å²) in [6.45, 7) is 1.62. The average molecular weight is 383 g/mol. The van der Waals surface area contributed by atoms with E-state index in [1.54, 1.807) is 6.92 Å². The number of hydrogen-bond donors (Lipinski definition) is 2. The molecule has 1 aromatic heterocycles. The summed E-state index contributed by atoms with van der Waals surface area (Å²) < 4.78 is -1.29. The monoisotopic (exact) mass is 383 g/mol. The third kappa shape index (κ3) is 2.70. The van der Waals surface area contributed by atoms with Gasteiger partial charge in [-0.05, 0) is 50.3 Å². The van der Waals surface area contributed by atoms with E-state index in [-0.39, 0.29) is 5.91 Å². The van der Waals surface area contributed by atoms with Crippen molar-refractivity contribution in [2.24, 2.45) is 0 Å². The van der Waals surface area contributed by atoms with E-state index < -0.39 is 10.7 Å². The lowest BCUT2D eigenvalue weighted by Gasteiger charge is -2.31. The van der Waals surface area contributed by atoms with E-state index in [0.717, 1.165) is 41.8 Å². The summed E-state index contributed by atoms with van der Waals surface area (Å²) in [6, 6.07) is 9.67. The number of nitriles is 1. The van der Waals surface area contributed by atoms with Gasteiger partial charge in [0.25, 0.3) is 5.91 Å². The van der Waals surface area contributed by atoms with E-state index in [1.807, 2.05) is 24.3 Å². The standard InChI is InChI=1S/C19H17N3O2S2/c1-19(17(23)21-13-7-3-5-9-15(13)26-19)18(24)22-16-12(10-20)11-6-2-4-8-14(11)25-16/h3,5,7,9H,2,4,6,8H2,1H3,(H,21,23)(H,22,24). The minimum Gasteiger partial charge on any atom is -0.323 e. The van der Waals surface area contributed by atoms with Crippen LogP contribution in [0.2, 0.25) is 0 Å². The van der Waals surface area contributed by atoms with Crippen LogP contribution in [-0.4, -0.2) is 16.6 Å². The largest absolute Gasteiger partial charge is 0.323 e. The normalized spacial score (nSPS) is 21.2. The number of carbonyl (C=O) groups is 2. The molecule has 2 amide bonds. The van der Waals surface area contributed by atoms with E-state index >= 15 is 0 Å². The van der Waals surface area contributed by atoms with Crippen molar-refractivity contribution in [2.45, 2.75) is 42.2 Å². The number of nitrogens with one attached hydrogen (secondary N) is 2. The number of amides is 2. The smallest absolute Gasteiger partial charge is 0.250 e. The van der Waals surface area contributed by atoms with Crippen LogP contribution in [0.5, 0.6) is 0 Å². The van der Waals surface area contributed by atoms with Gasteiger partial charge in [-0.2, -0.15) is 5.26 Å². The molecule has 1 atom stereocenters. The predicted molar refractivity (Wildman–Crippen MR) is 104 cm³/mol. The zero-order valence-corrected chi connectivity index (χ0v) is 15.9. The molecule has 0 spiro atoms. The van der Waals surface area contributed by atoms with E-state index in [1.165, 1.54) is 28.0 Å². The molecule has 4 rings (SSSR count). The Kier molecular flexibility index (Phi) is 4.25. The lowest BCUT2D eigenvalue weighted by Crippen LogP contribution is -2.49. The minimum absolute atomic E-state index is 0.349. The molecule has 1 aliphatic heterocycles. The highest BCUT2D eigenvalue weighted by molar-refractivity contribution is 8.02. The number of thioether (sulfide) groups is 1. The van der Waals surface area contributed by atoms with Crippen LogP contribution in [0.4, 0.5) is 10.7 Å². The lowest BCUT2D eigenvalue weighted by atomic mass is 9.96. The fraction of sp³-hybridized carbons (Fsp3) is 0.316. The maximum absolute atomic E-state index is 13.0. The summed E-state index contributed by atoms with van der Waals surface area (Å²) in [4.78, 5) is 27.6. The fourth-order valence-electron chi connectivity index (χ4n) is 3.31. The summed E-state index contributed by atoms with van der Waals surface area (Å²) in [5.74, 6) is -0.747. The Balaban J connectivity index is 1.64. The number of rotatable bonds is 2. The van der Waals surface area contributed by atoms with Crippen LogP contribution in [0.25, 0.3) is 0 Å². The van der Waals surface area contributed by atoms with E-state index in [4.69, 9.17) is 0 Å². The Morgan fingerprint density at radius 2 is 2.08 bits per heavy atom. The molecular weight excluding hydrogens is 366 g/mol. The Bertz CT molecular complexity index is 960. The topological polar surface area (TPSA) is 82.0 Å². The molecule has 2 N–H and O–H groups in total. The minimum atomic E-state index is -1.29. The second kappa shape index (κ2) is 6.45. The first-order chi connectivity index (χ1) is 12.5. The molecule has 2 heterocycles. The summed E-state index contributed by atoms with van der Waals surface area (Å²) in [5, 5.41) is 15.8. The van der Waals surface area contributed by atoms with E-state index in [0.29, 0.717) is 10.6 Å². The number of fused-ring (bicyclic) bond motifs is 2. The van der Waals surface area contributed by atoms with Crippen molar-refractivity contribution < 1.29 is 9.59 Å². The second-order valence-electron chi connectivity index (χ2n) is 6.57. The van der Waals surface area contributed by atoms with Crippen LogP contribution in [0.15, 0.2) is 29.2 Å². The Morgan fingerprint density at radius 3 is 2.88 bits per heavy atom. The number of para-hydroxylation sites is 1. The van der Waals surface area contributed by atoms with Gasteiger partial charge in [0.15, 0.2) is 4.75 Å². The first kappa shape index (κ1) is 17.1. The van der Waals surface area contributed by atoms with Crippen LogP contribution in [0.3, 0.4) is 0 Å². The van der Waals surface area contributed by atoms with Gasteiger partial charge in [-0.25, -0.2) is 0 Å². The maximum Gasteiger partial charge on any atom is 0.250 e. The molecule has 26 heavy (non-hydrogen) atoms. The summed E-state index contributed by atoms with van der Waals surface area (Å²) in [6.07, 6.45) is 4.01. The molecule has 0 saturated carbocycles. The van der Waals surface area contributed by atoms with Crippen molar-refractivity contribution in [3.63, 3.8) is 0 Å². The number of thiophene rings is 1. The zero-order chi connectivity index (χ0) is 18.3. The highest BCUT2D eigenvalue weighted by Gasteiger charge is 2.46. The van der Waals surface area contributed by atoms with Gasteiger partial charge < -0.3 is 10.6 Å². The summed E-state index contributed by atoms with van der Waals surface area (Å²) in [5.41, 5.74) is 2.34. The highest BCUT2D eigenvalue weighted by Crippen LogP contribution is 2.44. The van der Waals surface area contributed by atoms with Gasteiger partial charge in [-0.15, -0.1) is 11.3 Å². The molecule has 0 bridgehead atoms. The Morgan fingerprint density at radius 1 is 1.31 bits per heavy atom. The number of nitrogens with zero attached hydrogens (tertiary/aromatic N) is 1. The molecule has 1 aliphatic carbocycles. The lowest BCUT2D eigenvalue weighted by molar-refractivity contribution is -0.126. The molecule has 1 unspecified atom stereocenters. The third-order valence-electron chi connectivity index (χ3n) is 4.83. The average Bonchev–Trinajstić information content (AvgIpc) is 2.99. The van der Waals surface area contributed by atoms with Crippen molar-refractivity contribution in [1.82, 2.24) is 0 Å². The van der Waals surface area contributed by atoms with Gasteiger partial charge >= 0.3 is 0 Å². The van der Waals surface area contributed by atoms with Crippen molar-refractivity contribution in [3.05, 3.63) is 40.3 Å². The second-order valence-corrected chi connectivity index (χ2v) is 9.13. The van der Waals surface area contributed by atoms with Gasteiger partial charge in [0.05, 0.1) is 11.3 Å². The predicted octanol–water partition coefficient (Wildman–Crippen LogP) is 3.94. The maximum atomic E-state index is 13.0. The van der Waals surface area contributed by atoms with Gasteiger partial charge in [-0.1, -0.05) is 23.9 Å². The van der Waals surface area contributed by atoms with Crippen LogP contribution < -0.4 is 10.6 Å². The number of anilines is 2. The molecule has 5 nitrogen and oxygen atoms in total. The Hall–Kier alpha value is -2.30. The summed E-state index contributed by atoms with van der Waals surface area (Å²) >= 11 is 2.71. The SMILES string of the molecule is CC1(C(=O)Nc2sc3c(c2C#N)CCCC3)Sc2ccccc2NC1=O. The Labute approximate surface area is 159 Å². The molecule has 0 saturated heterocycles. The number of hydrogen-bond acceptors (Lipinski definition) is 5. The molecule has 0 fully saturated rings. The molecule has 1 aromatic carbocycles. The van der Waals surface area contributed by atoms with Gasteiger partial charge in [0, 0.05) is 9.77 Å². The zero-order valence-electron chi connectivity index (χ0n) is 14.2. The van der Waals surface area contributed by atoms with Gasteiger partial charge in [0.1, 0.15) is 11.1 Å². The molecular formula is C19H17N3O2S2. The highest BCUT2D eigenvalue weighted by atomic mass is 32.2. The van der Waals surface area contributed by atoms with Crippen molar-refractivity contribution in [1.29, 1.82) is 5.26 Å². The summed E-state index contributed by atoms with van der Waals surface area (Å²) in [7, 11) is 0. The number of aryl methyl sites for hydroxylation is 1. The quantitative estimate of drug-likeness (QED) is 0.770. The molecule has 2 aromatic rings. The van der Waals surface area contributed by atoms with E-state index in [2.05, 4.69) is 16.7 Å². The van der Waals surface area contributed by atoms with Gasteiger partial charge in [-0.3, -0.25) is 9.59 Å². The van der Waals surface area contributed by atoms with Gasteiger partial charge in [0.2, 0.25) is 5.91 Å². The molecule has 7 heteroatoms. The molecule has 132 valence electrons. The third-order valence-corrected chi connectivity index (χ3v) is 7.39. The van der Waals surface area contributed by atoms with Crippen LogP contribution >= 0.6 is 23.1 Å². The number of benzene rings is 1. The van der Waals surface area contributed by atoms with Crippen molar-refractivity contribution in [3.8, 4) is 6.07 Å². The van der Waals surface area contributed by atoms with Crippen LogP contribution in [0.1, 0.15) is 35.8 Å². The van der Waals surface area contributed by atoms with Crippen LogP contribution in [0, 0.1) is 11.3 Å². The molecule has 0 radical (unpaired) electrons. The van der Waals surface area contributed by atoms with Crippen molar-refractivity contribution >= 4 is 45.6 Å².